The predicted octanol–water partition coefficient (Wildman–Crippen LogP) is 4.78. The minimum Gasteiger partial charge on any atom is -0.477 e. The van der Waals surface area contributed by atoms with E-state index in [2.05, 4.69) is 4.99 Å². The third kappa shape index (κ3) is 4.62. The first-order valence-corrected chi connectivity index (χ1v) is 13.3. The number of methoxy groups -OCH3 is 1. The van der Waals surface area contributed by atoms with Crippen LogP contribution in [0.25, 0.3) is 0 Å². The number of aliphatic hydroxyl groups excluding tert-OH is 1. The number of aliphatic imine (C=N–C) groups is 1. The molecule has 2 N–H and O–H groups in total. The number of aliphatic hydroxyl groups is 1. The lowest BCUT2D eigenvalue weighted by atomic mass is 9.84. The maximum atomic E-state index is 16.2. The fourth-order valence-corrected chi connectivity index (χ4v) is 6.00. The molecule has 0 spiro atoms. The average molecular weight is 575 g/mol. The number of carboxylic acid groups (broad SMARTS) is 1. The van der Waals surface area contributed by atoms with Crippen molar-refractivity contribution in [1.82, 2.24) is 4.90 Å². The van der Waals surface area contributed by atoms with E-state index in [1.54, 1.807) is 37.3 Å². The van der Waals surface area contributed by atoms with Crippen LogP contribution in [0.2, 0.25) is 5.02 Å². The molecule has 0 aliphatic carbocycles. The Labute approximate surface area is 234 Å². The Kier molecular flexibility index (Phi) is 7.56. The number of allylic oxidation sites excluding steroid dienone is 2. The van der Waals surface area contributed by atoms with Crippen LogP contribution in [0, 0.1) is 11.7 Å². The molecule has 3 heterocycles. The summed E-state index contributed by atoms with van der Waals surface area (Å²) in [4.78, 5) is 31.6. The van der Waals surface area contributed by atoms with Gasteiger partial charge in [-0.2, -0.15) is 0 Å². The number of fused-ring (bicyclic) bond motifs is 1. The normalized spacial score (nSPS) is 24.8. The summed E-state index contributed by atoms with van der Waals surface area (Å²) in [6.07, 6.45) is 0.210. The fourth-order valence-electron chi connectivity index (χ4n) is 5.88. The SMILES string of the molecule is CO[C@]1(c2ccc(Cl)cc2)c2c(F)cc(C(O)C3(F)CCOCC3)cc2C(=O)N1CC1CC=C(C)N=C1C(=O)O. The minimum absolute atomic E-state index is 0.0777. The molecule has 0 bridgehead atoms. The van der Waals surface area contributed by atoms with Crippen LogP contribution < -0.4 is 0 Å². The zero-order valence-corrected chi connectivity index (χ0v) is 22.8. The van der Waals surface area contributed by atoms with Gasteiger partial charge in [-0.15, -0.1) is 0 Å². The second-order valence-corrected chi connectivity index (χ2v) is 10.8. The maximum Gasteiger partial charge on any atom is 0.350 e. The van der Waals surface area contributed by atoms with Gasteiger partial charge in [0.05, 0.1) is 11.1 Å². The van der Waals surface area contributed by atoms with Crippen molar-refractivity contribution >= 4 is 29.2 Å². The van der Waals surface area contributed by atoms with Crippen LogP contribution in [0.5, 0.6) is 0 Å². The summed E-state index contributed by atoms with van der Waals surface area (Å²) in [6, 6.07) is 8.66. The molecule has 3 aliphatic heterocycles. The number of rotatable bonds is 7. The van der Waals surface area contributed by atoms with E-state index in [1.807, 2.05) is 0 Å². The molecule has 0 aromatic heterocycles. The lowest BCUT2D eigenvalue weighted by Crippen LogP contribution is -2.50. The van der Waals surface area contributed by atoms with Gasteiger partial charge < -0.3 is 24.6 Å². The summed E-state index contributed by atoms with van der Waals surface area (Å²) in [5.41, 5.74) is -3.36. The van der Waals surface area contributed by atoms with Gasteiger partial charge in [-0.3, -0.25) is 9.79 Å². The van der Waals surface area contributed by atoms with Crippen LogP contribution in [-0.2, 0) is 20.0 Å². The number of ether oxygens (including phenoxy) is 2. The third-order valence-electron chi connectivity index (χ3n) is 7.97. The van der Waals surface area contributed by atoms with Gasteiger partial charge in [-0.1, -0.05) is 29.8 Å². The van der Waals surface area contributed by atoms with Crippen LogP contribution in [0.4, 0.5) is 8.78 Å². The van der Waals surface area contributed by atoms with Crippen LogP contribution >= 0.6 is 11.6 Å². The van der Waals surface area contributed by atoms with E-state index in [4.69, 9.17) is 21.1 Å². The van der Waals surface area contributed by atoms with Crippen molar-refractivity contribution in [2.24, 2.45) is 10.9 Å². The number of carboxylic acids is 1. The second kappa shape index (κ2) is 10.7. The van der Waals surface area contributed by atoms with Crippen molar-refractivity contribution in [3.8, 4) is 0 Å². The molecular weight excluding hydrogens is 546 g/mol. The van der Waals surface area contributed by atoms with Crippen molar-refractivity contribution in [3.63, 3.8) is 0 Å². The molecule has 5 rings (SSSR count). The van der Waals surface area contributed by atoms with E-state index in [0.29, 0.717) is 16.3 Å². The highest BCUT2D eigenvalue weighted by molar-refractivity contribution is 6.37. The van der Waals surface area contributed by atoms with E-state index in [0.717, 1.165) is 6.07 Å². The monoisotopic (exact) mass is 574 g/mol. The standard InChI is InChI=1S/C29H29ClF2N2O6/c1-16-3-4-17(24(33-16)27(37)38)15-34-26(36)21-13-18(25(35)28(32)9-11-40-12-10-28)14-22(31)23(21)29(34,39-2)19-5-7-20(30)8-6-19/h3,5-8,13-14,17,25,35H,4,9-12,15H2,1-2H3,(H,37,38)/t17?,25?,29-/m1/s1. The number of aliphatic carboxylic acids is 1. The lowest BCUT2D eigenvalue weighted by molar-refractivity contribution is -0.130. The minimum atomic E-state index is -2.05. The Balaban J connectivity index is 1.65. The predicted molar refractivity (Wildman–Crippen MR) is 142 cm³/mol. The number of benzene rings is 2. The van der Waals surface area contributed by atoms with Gasteiger partial charge in [-0.05, 0) is 43.2 Å². The molecule has 1 amide bonds. The molecular formula is C29H29ClF2N2O6. The number of nitrogens with zero attached hydrogens (tertiary/aromatic N) is 2. The second-order valence-electron chi connectivity index (χ2n) is 10.3. The average Bonchev–Trinajstić information content (AvgIpc) is 3.18. The molecule has 2 aromatic carbocycles. The van der Waals surface area contributed by atoms with Crippen molar-refractivity contribution in [2.75, 3.05) is 26.9 Å². The quantitative estimate of drug-likeness (QED) is 0.492. The molecule has 40 heavy (non-hydrogen) atoms. The zero-order chi connectivity index (χ0) is 28.8. The highest BCUT2D eigenvalue weighted by Gasteiger charge is 2.55. The Morgan fingerprint density at radius 3 is 2.58 bits per heavy atom. The Morgan fingerprint density at radius 2 is 1.95 bits per heavy atom. The first-order valence-electron chi connectivity index (χ1n) is 12.9. The van der Waals surface area contributed by atoms with Gasteiger partial charge in [0.1, 0.15) is 23.3 Å². The topological polar surface area (TPSA) is 109 Å². The number of carbonyl (C=O) groups is 2. The summed E-state index contributed by atoms with van der Waals surface area (Å²) >= 11 is 6.11. The Bertz CT molecular complexity index is 1410. The number of hydrogen-bond acceptors (Lipinski definition) is 6. The number of amides is 1. The highest BCUT2D eigenvalue weighted by atomic mass is 35.5. The first kappa shape index (κ1) is 28.4. The largest absolute Gasteiger partial charge is 0.477 e. The number of halogens is 3. The van der Waals surface area contributed by atoms with Crippen molar-refractivity contribution in [3.05, 3.63) is 81.3 Å². The number of hydrogen-bond donors (Lipinski definition) is 2. The number of carbonyl (C=O) groups excluding carboxylic acids is 1. The molecule has 0 saturated carbocycles. The lowest BCUT2D eigenvalue weighted by Gasteiger charge is -2.40. The third-order valence-corrected chi connectivity index (χ3v) is 8.22. The van der Waals surface area contributed by atoms with Gasteiger partial charge in [0.2, 0.25) is 0 Å². The van der Waals surface area contributed by atoms with E-state index in [9.17, 15) is 19.8 Å². The van der Waals surface area contributed by atoms with Crippen LogP contribution in [0.1, 0.15) is 59.3 Å². The van der Waals surface area contributed by atoms with Crippen LogP contribution in [0.15, 0.2) is 53.2 Å². The van der Waals surface area contributed by atoms with Gasteiger partial charge in [0.15, 0.2) is 5.72 Å². The summed E-state index contributed by atoms with van der Waals surface area (Å²) in [7, 11) is 1.32. The molecule has 1 saturated heterocycles. The van der Waals surface area contributed by atoms with E-state index in [-0.39, 0.29) is 61.4 Å². The zero-order valence-electron chi connectivity index (χ0n) is 22.0. The van der Waals surface area contributed by atoms with E-state index < -0.39 is 41.1 Å². The maximum absolute atomic E-state index is 16.2. The van der Waals surface area contributed by atoms with Gasteiger partial charge in [0, 0.05) is 61.9 Å². The van der Waals surface area contributed by atoms with Crippen molar-refractivity contribution < 1.29 is 38.1 Å². The van der Waals surface area contributed by atoms with Crippen LogP contribution in [0.3, 0.4) is 0 Å². The molecule has 2 unspecified atom stereocenters. The molecule has 3 aliphatic rings. The van der Waals surface area contributed by atoms with Gasteiger partial charge >= 0.3 is 5.97 Å². The summed E-state index contributed by atoms with van der Waals surface area (Å²) in [5, 5.41) is 21.2. The fraction of sp³-hybridized carbons (Fsp3) is 0.414. The molecule has 1 fully saturated rings. The van der Waals surface area contributed by atoms with Crippen molar-refractivity contribution in [1.29, 1.82) is 0 Å². The van der Waals surface area contributed by atoms with Gasteiger partial charge in [0.25, 0.3) is 5.91 Å². The molecule has 212 valence electrons. The first-order chi connectivity index (χ1) is 19.0. The summed E-state index contributed by atoms with van der Waals surface area (Å²) < 4.78 is 43.0. The Morgan fingerprint density at radius 1 is 1.27 bits per heavy atom. The smallest absolute Gasteiger partial charge is 0.350 e. The van der Waals surface area contributed by atoms with Gasteiger partial charge in [-0.25, -0.2) is 13.6 Å². The van der Waals surface area contributed by atoms with E-state index >= 15 is 8.78 Å². The Hall–Kier alpha value is -3.18. The molecule has 0 radical (unpaired) electrons. The molecule has 8 nitrogen and oxygen atoms in total. The van der Waals surface area contributed by atoms with Crippen LogP contribution in [-0.4, -0.2) is 65.2 Å². The highest BCUT2D eigenvalue weighted by Crippen LogP contribution is 2.49. The summed E-state index contributed by atoms with van der Waals surface area (Å²) in [5.74, 6) is -3.47. The summed E-state index contributed by atoms with van der Waals surface area (Å²) in [6.45, 7) is 1.74. The molecule has 3 atom stereocenters. The molecule has 11 heteroatoms. The van der Waals surface area contributed by atoms with Crippen molar-refractivity contribution in [2.45, 2.75) is 43.7 Å². The number of alkyl halides is 1. The molecule has 2 aromatic rings. The van der Waals surface area contributed by atoms with E-state index in [1.165, 1.54) is 18.1 Å².